The van der Waals surface area contributed by atoms with Crippen molar-refractivity contribution in [2.75, 3.05) is 6.54 Å². The Hall–Kier alpha value is -2.40. The summed E-state index contributed by atoms with van der Waals surface area (Å²) in [5.41, 5.74) is 1.87. The third-order valence-electron chi connectivity index (χ3n) is 3.57. The zero-order valence-corrected chi connectivity index (χ0v) is 12.0. The van der Waals surface area contributed by atoms with Crippen molar-refractivity contribution in [3.05, 3.63) is 65.5 Å². The predicted octanol–water partition coefficient (Wildman–Crippen LogP) is 1.99. The first-order valence-corrected chi connectivity index (χ1v) is 7.18. The van der Waals surface area contributed by atoms with E-state index in [1.807, 2.05) is 30.3 Å². The van der Waals surface area contributed by atoms with E-state index in [1.165, 1.54) is 12.1 Å². The number of ether oxygens (including phenoxy) is 1. The van der Waals surface area contributed by atoms with Crippen molar-refractivity contribution < 1.29 is 13.9 Å². The maximum atomic E-state index is 13.1. The van der Waals surface area contributed by atoms with E-state index in [2.05, 4.69) is 10.6 Å². The smallest absolute Gasteiger partial charge is 0.239 e. The molecule has 1 unspecified atom stereocenters. The summed E-state index contributed by atoms with van der Waals surface area (Å²) in [5, 5.41) is 5.87. The molecule has 0 aliphatic carbocycles. The van der Waals surface area contributed by atoms with Gasteiger partial charge in [0.2, 0.25) is 5.91 Å². The molecule has 1 fully saturated rings. The number of amides is 1. The van der Waals surface area contributed by atoms with E-state index in [-0.39, 0.29) is 17.8 Å². The highest BCUT2D eigenvalue weighted by Crippen LogP contribution is 2.15. The maximum absolute atomic E-state index is 13.1. The normalized spacial score (nSPS) is 16.8. The van der Waals surface area contributed by atoms with Crippen LogP contribution in [0.1, 0.15) is 11.1 Å². The summed E-state index contributed by atoms with van der Waals surface area (Å²) < 4.78 is 18.7. The molecule has 2 aromatic carbocycles. The van der Waals surface area contributed by atoms with E-state index in [0.717, 1.165) is 16.9 Å². The molecule has 114 valence electrons. The van der Waals surface area contributed by atoms with Crippen LogP contribution in [0.15, 0.2) is 48.5 Å². The molecule has 1 saturated heterocycles. The largest absolute Gasteiger partial charge is 0.489 e. The SMILES string of the molecule is O=C1NCC1NCc1ccc(OCc2cccc(F)c2)cc1. The second-order valence-corrected chi connectivity index (χ2v) is 5.24. The highest BCUT2D eigenvalue weighted by Gasteiger charge is 2.26. The second kappa shape index (κ2) is 6.58. The Bertz CT molecular complexity index is 658. The minimum Gasteiger partial charge on any atom is -0.489 e. The second-order valence-electron chi connectivity index (χ2n) is 5.24. The standard InChI is InChI=1S/C17H17FN2O2/c18-14-3-1-2-13(8-14)11-22-15-6-4-12(5-7-15)9-19-16-10-20-17(16)21/h1-8,16,19H,9-11H2,(H,20,21). The Morgan fingerprint density at radius 1 is 1.18 bits per heavy atom. The molecule has 22 heavy (non-hydrogen) atoms. The fourth-order valence-corrected chi connectivity index (χ4v) is 2.19. The van der Waals surface area contributed by atoms with Gasteiger partial charge in [-0.1, -0.05) is 24.3 Å². The first kappa shape index (κ1) is 14.5. The van der Waals surface area contributed by atoms with Crippen LogP contribution in [0.25, 0.3) is 0 Å². The number of hydrogen-bond donors (Lipinski definition) is 2. The summed E-state index contributed by atoms with van der Waals surface area (Å²) in [4.78, 5) is 11.1. The molecule has 0 spiro atoms. The molecule has 1 heterocycles. The van der Waals surface area contributed by atoms with E-state index < -0.39 is 0 Å². The molecule has 0 aromatic heterocycles. The quantitative estimate of drug-likeness (QED) is 0.802. The van der Waals surface area contributed by atoms with Gasteiger partial charge in [-0.3, -0.25) is 4.79 Å². The third-order valence-corrected chi connectivity index (χ3v) is 3.57. The minimum atomic E-state index is -0.262. The molecule has 4 nitrogen and oxygen atoms in total. The van der Waals surface area contributed by atoms with Gasteiger partial charge in [0.25, 0.3) is 0 Å². The Morgan fingerprint density at radius 2 is 2.00 bits per heavy atom. The zero-order chi connectivity index (χ0) is 15.4. The minimum absolute atomic E-state index is 0.0510. The van der Waals surface area contributed by atoms with Crippen LogP contribution >= 0.6 is 0 Å². The van der Waals surface area contributed by atoms with Gasteiger partial charge in [-0.2, -0.15) is 0 Å². The van der Waals surface area contributed by atoms with Gasteiger partial charge in [-0.15, -0.1) is 0 Å². The van der Waals surface area contributed by atoms with Crippen molar-refractivity contribution in [3.63, 3.8) is 0 Å². The summed E-state index contributed by atoms with van der Waals surface area (Å²) in [7, 11) is 0. The number of carbonyl (C=O) groups excluding carboxylic acids is 1. The van der Waals surface area contributed by atoms with E-state index in [1.54, 1.807) is 6.07 Å². The molecule has 2 aromatic rings. The first-order valence-electron chi connectivity index (χ1n) is 7.18. The highest BCUT2D eigenvalue weighted by atomic mass is 19.1. The fourth-order valence-electron chi connectivity index (χ4n) is 2.19. The van der Waals surface area contributed by atoms with E-state index in [0.29, 0.717) is 19.7 Å². The van der Waals surface area contributed by atoms with Crippen LogP contribution in [0.3, 0.4) is 0 Å². The van der Waals surface area contributed by atoms with Crippen LogP contribution in [0, 0.1) is 5.82 Å². The average Bonchev–Trinajstić information content (AvgIpc) is 2.53. The van der Waals surface area contributed by atoms with Gasteiger partial charge in [0.15, 0.2) is 0 Å². The maximum Gasteiger partial charge on any atom is 0.239 e. The number of carbonyl (C=O) groups is 1. The average molecular weight is 300 g/mol. The lowest BCUT2D eigenvalue weighted by Gasteiger charge is -2.26. The Labute approximate surface area is 128 Å². The highest BCUT2D eigenvalue weighted by molar-refractivity contribution is 5.87. The number of hydrogen-bond acceptors (Lipinski definition) is 3. The molecule has 1 amide bonds. The molecule has 0 radical (unpaired) electrons. The van der Waals surface area contributed by atoms with Gasteiger partial charge >= 0.3 is 0 Å². The summed E-state index contributed by atoms with van der Waals surface area (Å²) in [6, 6.07) is 13.9. The van der Waals surface area contributed by atoms with Gasteiger partial charge in [0, 0.05) is 13.1 Å². The summed E-state index contributed by atoms with van der Waals surface area (Å²) in [6.45, 7) is 1.66. The summed E-state index contributed by atoms with van der Waals surface area (Å²) in [5.74, 6) is 0.520. The molecular weight excluding hydrogens is 283 g/mol. The fraction of sp³-hybridized carbons (Fsp3) is 0.235. The zero-order valence-electron chi connectivity index (χ0n) is 12.0. The predicted molar refractivity (Wildman–Crippen MR) is 80.8 cm³/mol. The summed E-state index contributed by atoms with van der Waals surface area (Å²) in [6.07, 6.45) is 0. The van der Waals surface area contributed by atoms with Gasteiger partial charge in [0.1, 0.15) is 24.2 Å². The number of rotatable bonds is 6. The van der Waals surface area contributed by atoms with Crippen molar-refractivity contribution in [1.29, 1.82) is 0 Å². The monoisotopic (exact) mass is 300 g/mol. The Morgan fingerprint density at radius 3 is 2.64 bits per heavy atom. The van der Waals surface area contributed by atoms with Crippen molar-refractivity contribution in [1.82, 2.24) is 10.6 Å². The van der Waals surface area contributed by atoms with Crippen molar-refractivity contribution in [2.45, 2.75) is 19.2 Å². The van der Waals surface area contributed by atoms with Crippen molar-refractivity contribution in [3.8, 4) is 5.75 Å². The molecule has 0 bridgehead atoms. The van der Waals surface area contributed by atoms with E-state index in [9.17, 15) is 9.18 Å². The Kier molecular flexibility index (Phi) is 4.34. The van der Waals surface area contributed by atoms with Crippen LogP contribution in [0.2, 0.25) is 0 Å². The molecule has 3 rings (SSSR count). The number of halogens is 1. The van der Waals surface area contributed by atoms with Crippen LogP contribution in [0.4, 0.5) is 4.39 Å². The van der Waals surface area contributed by atoms with Crippen LogP contribution in [-0.2, 0) is 17.9 Å². The number of nitrogens with one attached hydrogen (secondary N) is 2. The molecule has 1 aliphatic heterocycles. The van der Waals surface area contributed by atoms with Crippen LogP contribution in [0.5, 0.6) is 5.75 Å². The molecule has 2 N–H and O–H groups in total. The van der Waals surface area contributed by atoms with E-state index >= 15 is 0 Å². The van der Waals surface area contributed by atoms with Gasteiger partial charge < -0.3 is 15.4 Å². The summed E-state index contributed by atoms with van der Waals surface area (Å²) >= 11 is 0. The van der Waals surface area contributed by atoms with Crippen LogP contribution in [-0.4, -0.2) is 18.5 Å². The van der Waals surface area contributed by atoms with Gasteiger partial charge in [0.05, 0.1) is 0 Å². The number of benzene rings is 2. The lowest BCUT2D eigenvalue weighted by molar-refractivity contribution is -0.128. The van der Waals surface area contributed by atoms with Crippen molar-refractivity contribution >= 4 is 5.91 Å². The molecule has 0 saturated carbocycles. The van der Waals surface area contributed by atoms with Gasteiger partial charge in [-0.05, 0) is 35.4 Å². The molecule has 1 aliphatic rings. The molecule has 5 heteroatoms. The topological polar surface area (TPSA) is 50.4 Å². The van der Waals surface area contributed by atoms with Crippen LogP contribution < -0.4 is 15.4 Å². The third kappa shape index (κ3) is 3.62. The van der Waals surface area contributed by atoms with Crippen molar-refractivity contribution in [2.24, 2.45) is 0 Å². The van der Waals surface area contributed by atoms with E-state index in [4.69, 9.17) is 4.74 Å². The first-order chi connectivity index (χ1) is 10.7. The number of β-lactam (4-membered cyclic amide) rings is 1. The lowest BCUT2D eigenvalue weighted by atomic mass is 10.1. The lowest BCUT2D eigenvalue weighted by Crippen LogP contribution is -2.60. The molecule has 1 atom stereocenters. The Balaban J connectivity index is 1.49. The molecular formula is C17H17FN2O2. The van der Waals surface area contributed by atoms with Gasteiger partial charge in [-0.25, -0.2) is 4.39 Å².